The van der Waals surface area contributed by atoms with E-state index in [1.54, 1.807) is 12.1 Å². The molecule has 0 fully saturated rings. The fourth-order valence-electron chi connectivity index (χ4n) is 3.03. The number of fused-ring (bicyclic) bond motifs is 1. The molecule has 2 aromatic rings. The Bertz CT molecular complexity index is 733. The standard InChI is InChI=1S/C18H19FN2O.ClH/c1-11-5-8-16(19)15(9-11)18(22)21-17-4-2-3-12-10-13(20)6-7-14(12)17;/h5-10,17H,2-4,20H2,1H3,(H,21,22);1H. The topological polar surface area (TPSA) is 55.1 Å². The average Bonchev–Trinajstić information content (AvgIpc) is 2.49. The first kappa shape index (κ1) is 17.3. The second-order valence-corrected chi connectivity index (χ2v) is 5.86. The number of halogens is 2. The second-order valence-electron chi connectivity index (χ2n) is 5.86. The van der Waals surface area contributed by atoms with Gasteiger partial charge in [0.05, 0.1) is 11.6 Å². The summed E-state index contributed by atoms with van der Waals surface area (Å²) in [5, 5.41) is 2.96. The summed E-state index contributed by atoms with van der Waals surface area (Å²) in [6.45, 7) is 1.84. The Kier molecular flexibility index (Phi) is 5.26. The van der Waals surface area contributed by atoms with Gasteiger partial charge in [-0.2, -0.15) is 0 Å². The minimum absolute atomic E-state index is 0. The SMILES string of the molecule is Cc1ccc(F)c(C(=O)NC2CCCc3cc(N)ccc32)c1.Cl. The molecule has 0 saturated carbocycles. The minimum atomic E-state index is -0.489. The molecule has 3 N–H and O–H groups in total. The highest BCUT2D eigenvalue weighted by Gasteiger charge is 2.23. The van der Waals surface area contributed by atoms with Gasteiger partial charge in [0.25, 0.3) is 5.91 Å². The molecule has 5 heteroatoms. The van der Waals surface area contributed by atoms with Crippen LogP contribution in [-0.2, 0) is 6.42 Å². The maximum absolute atomic E-state index is 13.8. The number of carbonyl (C=O) groups excluding carboxylic acids is 1. The number of amides is 1. The van der Waals surface area contributed by atoms with Crippen molar-refractivity contribution in [1.29, 1.82) is 0 Å². The van der Waals surface area contributed by atoms with E-state index in [1.807, 2.05) is 25.1 Å². The zero-order valence-corrected chi connectivity index (χ0v) is 13.8. The lowest BCUT2D eigenvalue weighted by Gasteiger charge is -2.26. The van der Waals surface area contributed by atoms with Crippen molar-refractivity contribution >= 4 is 24.0 Å². The summed E-state index contributed by atoms with van der Waals surface area (Å²) in [5.41, 5.74) is 9.77. The van der Waals surface area contributed by atoms with Gasteiger partial charge in [0, 0.05) is 5.69 Å². The van der Waals surface area contributed by atoms with Crippen molar-refractivity contribution in [2.75, 3.05) is 5.73 Å². The maximum Gasteiger partial charge on any atom is 0.254 e. The van der Waals surface area contributed by atoms with Gasteiger partial charge >= 0.3 is 0 Å². The number of nitrogens with two attached hydrogens (primary N) is 1. The molecule has 0 heterocycles. The third-order valence-corrected chi connectivity index (χ3v) is 4.15. The van der Waals surface area contributed by atoms with Crippen LogP contribution in [0, 0.1) is 12.7 Å². The van der Waals surface area contributed by atoms with Crippen LogP contribution in [0.15, 0.2) is 36.4 Å². The highest BCUT2D eigenvalue weighted by molar-refractivity contribution is 5.95. The van der Waals surface area contributed by atoms with Gasteiger partial charge in [0.1, 0.15) is 5.82 Å². The summed E-state index contributed by atoms with van der Waals surface area (Å²) in [7, 11) is 0. The van der Waals surface area contributed by atoms with E-state index in [2.05, 4.69) is 5.32 Å². The molecule has 3 rings (SSSR count). The molecular weight excluding hydrogens is 315 g/mol. The first-order valence-electron chi connectivity index (χ1n) is 7.50. The largest absolute Gasteiger partial charge is 0.399 e. The smallest absolute Gasteiger partial charge is 0.254 e. The first-order valence-corrected chi connectivity index (χ1v) is 7.50. The molecule has 1 aliphatic rings. The zero-order chi connectivity index (χ0) is 15.7. The fraction of sp³-hybridized carbons (Fsp3) is 0.278. The normalized spacial score (nSPS) is 16.2. The van der Waals surface area contributed by atoms with Gasteiger partial charge in [-0.3, -0.25) is 4.79 Å². The summed E-state index contributed by atoms with van der Waals surface area (Å²) >= 11 is 0. The van der Waals surface area contributed by atoms with Gasteiger partial charge in [-0.05, 0) is 61.6 Å². The van der Waals surface area contributed by atoms with Crippen LogP contribution >= 0.6 is 12.4 Å². The van der Waals surface area contributed by atoms with Crippen molar-refractivity contribution in [3.63, 3.8) is 0 Å². The monoisotopic (exact) mass is 334 g/mol. The molecule has 0 aromatic heterocycles. The molecule has 3 nitrogen and oxygen atoms in total. The molecule has 0 radical (unpaired) electrons. The Morgan fingerprint density at radius 1 is 1.26 bits per heavy atom. The molecule has 2 aromatic carbocycles. The number of benzene rings is 2. The average molecular weight is 335 g/mol. The van der Waals surface area contributed by atoms with Crippen molar-refractivity contribution in [2.24, 2.45) is 0 Å². The Morgan fingerprint density at radius 2 is 2.04 bits per heavy atom. The lowest BCUT2D eigenvalue weighted by molar-refractivity contribution is 0.0928. The van der Waals surface area contributed by atoms with E-state index in [-0.39, 0.29) is 29.9 Å². The number of anilines is 1. The molecular formula is C18H20ClFN2O. The van der Waals surface area contributed by atoms with E-state index in [1.165, 1.54) is 11.6 Å². The van der Waals surface area contributed by atoms with E-state index >= 15 is 0 Å². The summed E-state index contributed by atoms with van der Waals surface area (Å²) < 4.78 is 13.8. The predicted molar refractivity (Wildman–Crippen MR) is 92.4 cm³/mol. The van der Waals surface area contributed by atoms with Crippen LogP contribution in [0.3, 0.4) is 0 Å². The molecule has 1 aliphatic carbocycles. The summed E-state index contributed by atoms with van der Waals surface area (Å²) in [6, 6.07) is 10.2. The Balaban J connectivity index is 0.00000192. The summed E-state index contributed by atoms with van der Waals surface area (Å²) in [6.07, 6.45) is 2.80. The van der Waals surface area contributed by atoms with E-state index in [0.717, 1.165) is 36.1 Å². The van der Waals surface area contributed by atoms with Gasteiger partial charge < -0.3 is 11.1 Å². The Morgan fingerprint density at radius 3 is 2.83 bits per heavy atom. The predicted octanol–water partition coefficient (Wildman–Crippen LogP) is 3.95. The molecule has 23 heavy (non-hydrogen) atoms. The molecule has 1 unspecified atom stereocenters. The van der Waals surface area contributed by atoms with Crippen LogP contribution in [0.2, 0.25) is 0 Å². The highest BCUT2D eigenvalue weighted by atomic mass is 35.5. The van der Waals surface area contributed by atoms with Gasteiger partial charge in [-0.25, -0.2) is 4.39 Å². The van der Waals surface area contributed by atoms with Crippen LogP contribution in [0.1, 0.15) is 45.9 Å². The summed E-state index contributed by atoms with van der Waals surface area (Å²) in [4.78, 5) is 12.4. The van der Waals surface area contributed by atoms with Crippen molar-refractivity contribution < 1.29 is 9.18 Å². The Labute approximate surface area is 141 Å². The number of nitrogens with one attached hydrogen (secondary N) is 1. The van der Waals surface area contributed by atoms with Crippen molar-refractivity contribution in [1.82, 2.24) is 5.32 Å². The van der Waals surface area contributed by atoms with Crippen molar-refractivity contribution in [3.05, 3.63) is 64.5 Å². The third-order valence-electron chi connectivity index (χ3n) is 4.15. The first-order chi connectivity index (χ1) is 10.5. The molecule has 122 valence electrons. The van der Waals surface area contributed by atoms with Crippen LogP contribution < -0.4 is 11.1 Å². The van der Waals surface area contributed by atoms with Gasteiger partial charge in [-0.15, -0.1) is 12.4 Å². The van der Waals surface area contributed by atoms with Crippen LogP contribution in [0.25, 0.3) is 0 Å². The minimum Gasteiger partial charge on any atom is -0.399 e. The number of hydrogen-bond donors (Lipinski definition) is 2. The van der Waals surface area contributed by atoms with E-state index in [4.69, 9.17) is 5.73 Å². The van der Waals surface area contributed by atoms with Crippen LogP contribution in [-0.4, -0.2) is 5.91 Å². The second kappa shape index (κ2) is 7.01. The molecule has 0 bridgehead atoms. The maximum atomic E-state index is 13.8. The molecule has 1 atom stereocenters. The molecule has 0 saturated heterocycles. The number of hydrogen-bond acceptors (Lipinski definition) is 2. The van der Waals surface area contributed by atoms with Gasteiger partial charge in [0.15, 0.2) is 0 Å². The molecule has 0 aliphatic heterocycles. The van der Waals surface area contributed by atoms with E-state index in [0.29, 0.717) is 0 Å². The third kappa shape index (κ3) is 3.64. The van der Waals surface area contributed by atoms with Gasteiger partial charge in [0.2, 0.25) is 0 Å². The van der Waals surface area contributed by atoms with Crippen LogP contribution in [0.4, 0.5) is 10.1 Å². The molecule has 0 spiro atoms. The Hall–Kier alpha value is -2.07. The van der Waals surface area contributed by atoms with Crippen LogP contribution in [0.5, 0.6) is 0 Å². The summed E-state index contributed by atoms with van der Waals surface area (Å²) in [5.74, 6) is -0.854. The number of aryl methyl sites for hydroxylation is 2. The molecule has 1 amide bonds. The number of nitrogen functional groups attached to an aromatic ring is 1. The van der Waals surface area contributed by atoms with Gasteiger partial charge in [-0.1, -0.05) is 17.7 Å². The number of carbonyl (C=O) groups is 1. The number of rotatable bonds is 2. The zero-order valence-electron chi connectivity index (χ0n) is 12.9. The van der Waals surface area contributed by atoms with Crippen molar-refractivity contribution in [3.8, 4) is 0 Å². The lowest BCUT2D eigenvalue weighted by Crippen LogP contribution is -2.31. The fourth-order valence-corrected chi connectivity index (χ4v) is 3.03. The van der Waals surface area contributed by atoms with E-state index < -0.39 is 5.82 Å². The van der Waals surface area contributed by atoms with Crippen molar-refractivity contribution in [2.45, 2.75) is 32.2 Å². The lowest BCUT2D eigenvalue weighted by atomic mass is 9.87. The highest BCUT2D eigenvalue weighted by Crippen LogP contribution is 2.31. The van der Waals surface area contributed by atoms with E-state index in [9.17, 15) is 9.18 Å². The quantitative estimate of drug-likeness (QED) is 0.817.